The van der Waals surface area contributed by atoms with Gasteiger partial charge in [-0.2, -0.15) is 0 Å². The van der Waals surface area contributed by atoms with Gasteiger partial charge in [0.05, 0.1) is 0 Å². The van der Waals surface area contributed by atoms with E-state index in [1.54, 1.807) is 0 Å². The van der Waals surface area contributed by atoms with Crippen molar-refractivity contribution >= 4 is 5.84 Å². The molecule has 0 amide bonds. The Kier molecular flexibility index (Phi) is 7.30. The third-order valence-corrected chi connectivity index (χ3v) is 4.22. The summed E-state index contributed by atoms with van der Waals surface area (Å²) in [5, 5.41) is 15.4. The van der Waals surface area contributed by atoms with Gasteiger partial charge in [0.15, 0.2) is 0 Å². The van der Waals surface area contributed by atoms with Crippen molar-refractivity contribution in [1.29, 1.82) is 0 Å². The first-order chi connectivity index (χ1) is 9.45. The molecule has 1 saturated heterocycles. The van der Waals surface area contributed by atoms with Crippen LogP contribution in [0.4, 0.5) is 0 Å². The fraction of sp³-hybridized carbons (Fsp3) is 0.933. The van der Waals surface area contributed by atoms with Gasteiger partial charge in [-0.15, -0.1) is 0 Å². The summed E-state index contributed by atoms with van der Waals surface area (Å²) in [5.41, 5.74) is 5.45. The molecule has 0 aromatic carbocycles. The molecule has 5 nitrogen and oxygen atoms in total. The molecule has 4 N–H and O–H groups in total. The Balaban J connectivity index is 2.06. The van der Waals surface area contributed by atoms with Gasteiger partial charge < -0.3 is 21.2 Å². The van der Waals surface area contributed by atoms with E-state index in [2.05, 4.69) is 22.3 Å². The lowest BCUT2D eigenvalue weighted by atomic mass is 9.86. The number of nitrogens with zero attached hydrogens (tertiary/aromatic N) is 2. The Morgan fingerprint density at radius 3 is 2.65 bits per heavy atom. The van der Waals surface area contributed by atoms with E-state index < -0.39 is 0 Å². The molecule has 0 aliphatic carbocycles. The second kappa shape index (κ2) is 8.47. The van der Waals surface area contributed by atoms with E-state index in [1.807, 2.05) is 13.8 Å². The highest BCUT2D eigenvalue weighted by Gasteiger charge is 2.22. The highest BCUT2D eigenvalue weighted by atomic mass is 16.4. The highest BCUT2D eigenvalue weighted by Crippen LogP contribution is 2.21. The molecule has 0 bridgehead atoms. The van der Waals surface area contributed by atoms with Crippen LogP contribution in [0.1, 0.15) is 46.5 Å². The standard InChI is InChI=1S/C15H32N4O/c1-13(12-19-9-4-5-10-19)11-17-8-6-7-15(2,3)14(16)18-20/h13,17,20H,4-12H2,1-3H3,(H2,16,18). The monoisotopic (exact) mass is 284 g/mol. The summed E-state index contributed by atoms with van der Waals surface area (Å²) in [6.07, 6.45) is 4.70. The maximum atomic E-state index is 8.72. The summed E-state index contributed by atoms with van der Waals surface area (Å²) in [4.78, 5) is 2.56. The van der Waals surface area contributed by atoms with Crippen molar-refractivity contribution in [1.82, 2.24) is 10.2 Å². The van der Waals surface area contributed by atoms with Crippen molar-refractivity contribution in [3.63, 3.8) is 0 Å². The van der Waals surface area contributed by atoms with Crippen LogP contribution in [0, 0.1) is 11.3 Å². The number of hydrogen-bond acceptors (Lipinski definition) is 4. The van der Waals surface area contributed by atoms with Crippen LogP contribution in [0.15, 0.2) is 5.16 Å². The molecule has 5 heteroatoms. The fourth-order valence-electron chi connectivity index (χ4n) is 2.74. The first-order valence-electron chi connectivity index (χ1n) is 7.87. The van der Waals surface area contributed by atoms with Gasteiger partial charge in [-0.3, -0.25) is 0 Å². The van der Waals surface area contributed by atoms with Crippen molar-refractivity contribution < 1.29 is 5.21 Å². The molecule has 1 fully saturated rings. The minimum Gasteiger partial charge on any atom is -0.409 e. The summed E-state index contributed by atoms with van der Waals surface area (Å²) in [6, 6.07) is 0. The molecule has 1 heterocycles. The average Bonchev–Trinajstić information content (AvgIpc) is 2.89. The van der Waals surface area contributed by atoms with E-state index in [-0.39, 0.29) is 5.41 Å². The third kappa shape index (κ3) is 6.09. The third-order valence-electron chi connectivity index (χ3n) is 4.22. The van der Waals surface area contributed by atoms with Gasteiger partial charge >= 0.3 is 0 Å². The second-order valence-electron chi connectivity index (χ2n) is 6.79. The van der Waals surface area contributed by atoms with E-state index >= 15 is 0 Å². The van der Waals surface area contributed by atoms with Crippen LogP contribution < -0.4 is 11.1 Å². The molecule has 1 aliphatic rings. The van der Waals surface area contributed by atoms with E-state index in [9.17, 15) is 0 Å². The number of nitrogens with one attached hydrogen (secondary N) is 1. The van der Waals surface area contributed by atoms with Crippen LogP contribution in [0.3, 0.4) is 0 Å². The second-order valence-corrected chi connectivity index (χ2v) is 6.79. The van der Waals surface area contributed by atoms with Gasteiger partial charge in [0.1, 0.15) is 5.84 Å². The zero-order valence-electron chi connectivity index (χ0n) is 13.4. The van der Waals surface area contributed by atoms with Crippen LogP contribution in [0.2, 0.25) is 0 Å². The molecule has 1 rings (SSSR count). The zero-order valence-corrected chi connectivity index (χ0v) is 13.4. The lowest BCUT2D eigenvalue weighted by Crippen LogP contribution is -2.34. The Morgan fingerprint density at radius 2 is 2.05 bits per heavy atom. The van der Waals surface area contributed by atoms with Gasteiger partial charge in [-0.25, -0.2) is 0 Å². The van der Waals surface area contributed by atoms with Crippen molar-refractivity contribution in [2.45, 2.75) is 46.5 Å². The zero-order chi connectivity index (χ0) is 15.0. The topological polar surface area (TPSA) is 73.9 Å². The molecule has 20 heavy (non-hydrogen) atoms. The molecule has 1 unspecified atom stereocenters. The smallest absolute Gasteiger partial charge is 0.144 e. The SMILES string of the molecule is CC(CNCCCC(C)(C)C(N)=NO)CN1CCCC1. The molecular formula is C15H32N4O. The van der Waals surface area contributed by atoms with E-state index in [1.165, 1.54) is 32.5 Å². The Labute approximate surface area is 123 Å². The van der Waals surface area contributed by atoms with Crippen LogP contribution in [-0.4, -0.2) is 48.7 Å². The van der Waals surface area contributed by atoms with E-state index in [4.69, 9.17) is 10.9 Å². The van der Waals surface area contributed by atoms with E-state index in [0.717, 1.165) is 25.9 Å². The molecule has 118 valence electrons. The van der Waals surface area contributed by atoms with Crippen molar-refractivity contribution in [3.8, 4) is 0 Å². The number of likely N-dealkylation sites (tertiary alicyclic amines) is 1. The summed E-state index contributed by atoms with van der Waals surface area (Å²) < 4.78 is 0. The van der Waals surface area contributed by atoms with Crippen LogP contribution in [0.5, 0.6) is 0 Å². The van der Waals surface area contributed by atoms with Gasteiger partial charge in [0, 0.05) is 12.0 Å². The maximum Gasteiger partial charge on any atom is 0.144 e. The lowest BCUT2D eigenvalue weighted by Gasteiger charge is -2.23. The molecule has 0 aromatic rings. The number of hydrogen-bond donors (Lipinski definition) is 3. The van der Waals surface area contributed by atoms with Crippen LogP contribution in [-0.2, 0) is 0 Å². The molecule has 1 aliphatic heterocycles. The van der Waals surface area contributed by atoms with Gasteiger partial charge in [0.25, 0.3) is 0 Å². The number of amidine groups is 1. The number of nitrogens with two attached hydrogens (primary N) is 1. The predicted octanol–water partition coefficient (Wildman–Crippen LogP) is 1.86. The van der Waals surface area contributed by atoms with Crippen molar-refractivity contribution in [3.05, 3.63) is 0 Å². The Hall–Kier alpha value is -0.810. The molecular weight excluding hydrogens is 252 g/mol. The van der Waals surface area contributed by atoms with Crippen molar-refractivity contribution in [2.75, 3.05) is 32.7 Å². The summed E-state index contributed by atoms with van der Waals surface area (Å²) in [7, 11) is 0. The lowest BCUT2D eigenvalue weighted by molar-refractivity contribution is 0.281. The molecule has 0 spiro atoms. The molecule has 0 aromatic heterocycles. The largest absolute Gasteiger partial charge is 0.409 e. The number of rotatable bonds is 9. The Bertz CT molecular complexity index is 298. The number of oxime groups is 1. The molecule has 1 atom stereocenters. The fourth-order valence-corrected chi connectivity index (χ4v) is 2.74. The summed E-state index contributed by atoms with van der Waals surface area (Å²) in [6.45, 7) is 12.2. The minimum atomic E-state index is -0.225. The summed E-state index contributed by atoms with van der Waals surface area (Å²) >= 11 is 0. The molecule has 0 saturated carbocycles. The minimum absolute atomic E-state index is 0.225. The Morgan fingerprint density at radius 1 is 1.40 bits per heavy atom. The van der Waals surface area contributed by atoms with Gasteiger partial charge in [-0.05, 0) is 57.8 Å². The quantitative estimate of drug-likeness (QED) is 0.199. The van der Waals surface area contributed by atoms with Crippen LogP contribution >= 0.6 is 0 Å². The van der Waals surface area contributed by atoms with Crippen molar-refractivity contribution in [2.24, 2.45) is 22.2 Å². The van der Waals surface area contributed by atoms with Gasteiger partial charge in [-0.1, -0.05) is 25.9 Å². The normalized spacial score (nSPS) is 19.4. The average molecular weight is 284 g/mol. The highest BCUT2D eigenvalue weighted by molar-refractivity contribution is 5.85. The summed E-state index contributed by atoms with van der Waals surface area (Å²) in [5.74, 6) is 1.02. The first-order valence-corrected chi connectivity index (χ1v) is 7.87. The van der Waals surface area contributed by atoms with Crippen LogP contribution in [0.25, 0.3) is 0 Å². The molecule has 0 radical (unpaired) electrons. The maximum absolute atomic E-state index is 8.72. The van der Waals surface area contributed by atoms with E-state index in [0.29, 0.717) is 11.8 Å². The first kappa shape index (κ1) is 17.2. The predicted molar refractivity (Wildman–Crippen MR) is 84.1 cm³/mol. The van der Waals surface area contributed by atoms with Gasteiger partial charge in [0.2, 0.25) is 0 Å².